The Morgan fingerprint density at radius 3 is 2.56 bits per heavy atom. The summed E-state index contributed by atoms with van der Waals surface area (Å²) in [7, 11) is 0. The third-order valence-corrected chi connectivity index (χ3v) is 3.23. The van der Waals surface area contributed by atoms with Gasteiger partial charge in [-0.1, -0.05) is 24.3 Å². The molecule has 0 saturated heterocycles. The van der Waals surface area contributed by atoms with Crippen LogP contribution in [0.1, 0.15) is 29.3 Å². The number of phenolic OH excluding ortho intramolecular Hbond substituents is 1. The number of hydrazone groups is 1. The number of aromatic hydroxyl groups is 1. The number of phenols is 1. The van der Waals surface area contributed by atoms with Crippen LogP contribution in [0.2, 0.25) is 0 Å². The Hall–Kier alpha value is -3.66. The summed E-state index contributed by atoms with van der Waals surface area (Å²) in [6.07, 6.45) is -0.0547. The minimum absolute atomic E-state index is 0.0547. The van der Waals surface area contributed by atoms with Crippen molar-refractivity contribution < 1.29 is 14.7 Å². The number of nitrogens with one attached hydrogen (secondary N) is 2. The van der Waals surface area contributed by atoms with Crippen molar-refractivity contribution in [3.8, 4) is 11.8 Å². The van der Waals surface area contributed by atoms with Gasteiger partial charge in [-0.3, -0.25) is 9.59 Å². The molecule has 3 N–H and O–H groups in total. The van der Waals surface area contributed by atoms with Crippen LogP contribution in [0.15, 0.2) is 53.6 Å². The highest BCUT2D eigenvalue weighted by atomic mass is 16.3. The molecule has 0 unspecified atom stereocenters. The summed E-state index contributed by atoms with van der Waals surface area (Å²) in [4.78, 5) is 23.9. The van der Waals surface area contributed by atoms with Gasteiger partial charge < -0.3 is 10.4 Å². The number of para-hydroxylation sites is 2. The Labute approximate surface area is 144 Å². The molecule has 25 heavy (non-hydrogen) atoms. The number of anilines is 1. The van der Waals surface area contributed by atoms with Crippen LogP contribution in [0.25, 0.3) is 0 Å². The average Bonchev–Trinajstić information content (AvgIpc) is 2.60. The molecule has 0 atom stereocenters. The predicted octanol–water partition coefficient (Wildman–Crippen LogP) is 2.40. The summed E-state index contributed by atoms with van der Waals surface area (Å²) >= 11 is 0. The van der Waals surface area contributed by atoms with Crippen LogP contribution in [-0.4, -0.2) is 22.6 Å². The summed E-state index contributed by atoms with van der Waals surface area (Å²) in [5, 5.41) is 25.1. The maximum Gasteiger partial charge on any atom is 0.275 e. The topological polar surface area (TPSA) is 115 Å². The van der Waals surface area contributed by atoms with E-state index in [1.54, 1.807) is 43.3 Å². The largest absolute Gasteiger partial charge is 0.507 e. The Morgan fingerprint density at radius 2 is 1.84 bits per heavy atom. The molecule has 0 aromatic heterocycles. The van der Waals surface area contributed by atoms with Crippen LogP contribution in [-0.2, 0) is 4.79 Å². The molecule has 0 heterocycles. The van der Waals surface area contributed by atoms with Crippen LogP contribution >= 0.6 is 0 Å². The molecule has 7 heteroatoms. The average molecular weight is 336 g/mol. The highest BCUT2D eigenvalue weighted by molar-refractivity contribution is 6.06. The van der Waals surface area contributed by atoms with Crippen molar-refractivity contribution in [1.29, 1.82) is 5.26 Å². The van der Waals surface area contributed by atoms with Crippen LogP contribution in [0.4, 0.5) is 5.69 Å². The second-order valence-corrected chi connectivity index (χ2v) is 5.19. The lowest BCUT2D eigenvalue weighted by molar-refractivity contribution is -0.115. The lowest BCUT2D eigenvalue weighted by Gasteiger charge is -2.07. The number of hydrogen-bond donors (Lipinski definition) is 3. The van der Waals surface area contributed by atoms with Gasteiger partial charge in [0.2, 0.25) is 5.91 Å². The van der Waals surface area contributed by atoms with E-state index >= 15 is 0 Å². The lowest BCUT2D eigenvalue weighted by atomic mass is 10.2. The Balaban J connectivity index is 1.95. The predicted molar refractivity (Wildman–Crippen MR) is 93.1 cm³/mol. The monoisotopic (exact) mass is 336 g/mol. The number of hydrogen-bond acceptors (Lipinski definition) is 5. The number of amides is 2. The van der Waals surface area contributed by atoms with Gasteiger partial charge in [0, 0.05) is 5.71 Å². The molecular formula is C18H16N4O3. The van der Waals surface area contributed by atoms with Crippen molar-refractivity contribution in [1.82, 2.24) is 5.43 Å². The van der Waals surface area contributed by atoms with Crippen molar-refractivity contribution in [2.75, 3.05) is 5.32 Å². The van der Waals surface area contributed by atoms with Crippen molar-refractivity contribution in [2.45, 2.75) is 13.3 Å². The lowest BCUT2D eigenvalue weighted by Crippen LogP contribution is -2.21. The fourth-order valence-electron chi connectivity index (χ4n) is 2.03. The molecule has 2 aromatic rings. The van der Waals surface area contributed by atoms with Crippen molar-refractivity contribution in [3.05, 3.63) is 59.7 Å². The summed E-state index contributed by atoms with van der Waals surface area (Å²) in [5.74, 6) is -1.09. The van der Waals surface area contributed by atoms with E-state index in [2.05, 4.69) is 15.8 Å². The van der Waals surface area contributed by atoms with Gasteiger partial charge in [-0.25, -0.2) is 5.43 Å². The quantitative estimate of drug-likeness (QED) is 0.574. The highest BCUT2D eigenvalue weighted by Gasteiger charge is 2.11. The van der Waals surface area contributed by atoms with Gasteiger partial charge in [0.1, 0.15) is 11.8 Å². The Bertz CT molecular complexity index is 869. The second kappa shape index (κ2) is 8.26. The van der Waals surface area contributed by atoms with Gasteiger partial charge in [-0.15, -0.1) is 0 Å². The summed E-state index contributed by atoms with van der Waals surface area (Å²) in [5.41, 5.74) is 3.53. The van der Waals surface area contributed by atoms with E-state index in [1.807, 2.05) is 6.07 Å². The zero-order valence-corrected chi connectivity index (χ0v) is 13.5. The fraction of sp³-hybridized carbons (Fsp3) is 0.111. The molecule has 0 radical (unpaired) electrons. The maximum atomic E-state index is 12.0. The molecule has 0 fully saturated rings. The minimum atomic E-state index is -0.576. The molecule has 0 aliphatic heterocycles. The number of rotatable bonds is 5. The Kier molecular flexibility index (Phi) is 5.85. The highest BCUT2D eigenvalue weighted by Crippen LogP contribution is 2.15. The molecule has 0 aliphatic carbocycles. The molecule has 126 valence electrons. The molecule has 0 spiro atoms. The summed E-state index contributed by atoms with van der Waals surface area (Å²) in [6, 6.07) is 14.7. The summed E-state index contributed by atoms with van der Waals surface area (Å²) < 4.78 is 0. The summed E-state index contributed by atoms with van der Waals surface area (Å²) in [6.45, 7) is 1.58. The first kappa shape index (κ1) is 17.7. The molecule has 0 bridgehead atoms. The van der Waals surface area contributed by atoms with Crippen LogP contribution in [0, 0.1) is 11.3 Å². The zero-order chi connectivity index (χ0) is 18.2. The smallest absolute Gasteiger partial charge is 0.275 e. The molecule has 2 amide bonds. The van der Waals surface area contributed by atoms with Crippen LogP contribution in [0.5, 0.6) is 5.75 Å². The first-order valence-electron chi connectivity index (χ1n) is 7.41. The number of carbonyl (C=O) groups excluding carboxylic acids is 2. The third-order valence-electron chi connectivity index (χ3n) is 3.23. The molecule has 2 rings (SSSR count). The van der Waals surface area contributed by atoms with Gasteiger partial charge in [0.05, 0.1) is 23.2 Å². The molecule has 0 aliphatic rings. The fourth-order valence-corrected chi connectivity index (χ4v) is 2.03. The van der Waals surface area contributed by atoms with Gasteiger partial charge >= 0.3 is 0 Å². The van der Waals surface area contributed by atoms with Crippen LogP contribution in [0.3, 0.4) is 0 Å². The standard InChI is InChI=1S/C18H16N4O3/c1-12(21-22-18(25)14-7-3-5-9-16(14)23)10-17(24)20-15-8-4-2-6-13(15)11-19/h2-9,23H,10H2,1H3,(H,20,24)(H,22,25)/b21-12-. The van der Waals surface area contributed by atoms with Crippen molar-refractivity contribution in [3.63, 3.8) is 0 Å². The van der Waals surface area contributed by atoms with Gasteiger partial charge in [0.15, 0.2) is 0 Å². The van der Waals surface area contributed by atoms with Gasteiger partial charge in [-0.2, -0.15) is 10.4 Å². The van der Waals surface area contributed by atoms with Crippen LogP contribution < -0.4 is 10.7 Å². The SMILES string of the molecule is C/C(CC(=O)Nc1ccccc1C#N)=N/NC(=O)c1ccccc1O. The first-order chi connectivity index (χ1) is 12.0. The van der Waals surface area contributed by atoms with E-state index in [1.165, 1.54) is 12.1 Å². The zero-order valence-electron chi connectivity index (χ0n) is 13.5. The normalized spacial score (nSPS) is 10.6. The molecular weight excluding hydrogens is 320 g/mol. The van der Waals surface area contributed by atoms with E-state index in [-0.39, 0.29) is 23.6 Å². The third kappa shape index (κ3) is 4.91. The van der Waals surface area contributed by atoms with E-state index in [0.29, 0.717) is 17.0 Å². The first-order valence-corrected chi connectivity index (χ1v) is 7.41. The number of nitriles is 1. The second-order valence-electron chi connectivity index (χ2n) is 5.19. The number of nitrogens with zero attached hydrogens (tertiary/aromatic N) is 2. The van der Waals surface area contributed by atoms with E-state index in [0.717, 1.165) is 0 Å². The van der Waals surface area contributed by atoms with Gasteiger partial charge in [-0.05, 0) is 31.2 Å². The van der Waals surface area contributed by atoms with E-state index < -0.39 is 5.91 Å². The molecule has 0 saturated carbocycles. The minimum Gasteiger partial charge on any atom is -0.507 e. The Morgan fingerprint density at radius 1 is 1.16 bits per heavy atom. The van der Waals surface area contributed by atoms with Gasteiger partial charge in [0.25, 0.3) is 5.91 Å². The van der Waals surface area contributed by atoms with Crippen molar-refractivity contribution >= 4 is 23.2 Å². The molecule has 2 aromatic carbocycles. The van der Waals surface area contributed by atoms with E-state index in [9.17, 15) is 14.7 Å². The molecule has 7 nitrogen and oxygen atoms in total. The van der Waals surface area contributed by atoms with Crippen molar-refractivity contribution in [2.24, 2.45) is 5.10 Å². The van der Waals surface area contributed by atoms with E-state index in [4.69, 9.17) is 5.26 Å². The number of benzene rings is 2. The number of carbonyl (C=O) groups is 2. The maximum absolute atomic E-state index is 12.0.